The maximum Gasteiger partial charge on any atom is 0.224 e. The van der Waals surface area contributed by atoms with Gasteiger partial charge < -0.3 is 10.2 Å². The molecule has 0 unspecified atom stereocenters. The molecule has 2 fully saturated rings. The fraction of sp³-hybridized carbons (Fsp3) is 0.882. The van der Waals surface area contributed by atoms with Crippen LogP contribution in [0.2, 0.25) is 0 Å². The predicted octanol–water partition coefficient (Wildman–Crippen LogP) is 2.58. The van der Waals surface area contributed by atoms with Crippen molar-refractivity contribution in [3.8, 4) is 0 Å². The highest BCUT2D eigenvalue weighted by molar-refractivity contribution is 5.80. The van der Waals surface area contributed by atoms with Gasteiger partial charge in [0.1, 0.15) is 0 Å². The highest BCUT2D eigenvalue weighted by Crippen LogP contribution is 2.30. The fourth-order valence-corrected chi connectivity index (χ4v) is 3.71. The average molecular weight is 294 g/mol. The third-order valence-electron chi connectivity index (χ3n) is 5.35. The van der Waals surface area contributed by atoms with E-state index >= 15 is 0 Å². The quantitative estimate of drug-likeness (QED) is 0.866. The number of carbonyl (C=O) groups is 2. The summed E-state index contributed by atoms with van der Waals surface area (Å²) in [5.41, 5.74) is 0. The summed E-state index contributed by atoms with van der Waals surface area (Å²) in [5.74, 6) is 1.79. The molecule has 1 saturated heterocycles. The molecule has 1 aliphatic heterocycles. The van der Waals surface area contributed by atoms with Crippen molar-refractivity contribution in [2.75, 3.05) is 19.6 Å². The van der Waals surface area contributed by atoms with Crippen molar-refractivity contribution in [1.82, 2.24) is 10.2 Å². The molecule has 1 aliphatic carbocycles. The van der Waals surface area contributed by atoms with E-state index in [0.717, 1.165) is 31.8 Å². The lowest BCUT2D eigenvalue weighted by Gasteiger charge is -2.32. The van der Waals surface area contributed by atoms with E-state index in [9.17, 15) is 9.59 Å². The second-order valence-corrected chi connectivity index (χ2v) is 6.84. The lowest BCUT2D eigenvalue weighted by Crippen LogP contribution is -2.45. The van der Waals surface area contributed by atoms with Crippen LogP contribution in [0.15, 0.2) is 0 Å². The lowest BCUT2D eigenvalue weighted by molar-refractivity contribution is -0.134. The third kappa shape index (κ3) is 4.72. The molecule has 0 spiro atoms. The van der Waals surface area contributed by atoms with Crippen LogP contribution < -0.4 is 5.32 Å². The highest BCUT2D eigenvalue weighted by atomic mass is 16.2. The van der Waals surface area contributed by atoms with Gasteiger partial charge in [-0.3, -0.25) is 9.59 Å². The second-order valence-electron chi connectivity index (χ2n) is 6.84. The van der Waals surface area contributed by atoms with Crippen LogP contribution in [0.25, 0.3) is 0 Å². The van der Waals surface area contributed by atoms with Crippen LogP contribution in [0.5, 0.6) is 0 Å². The van der Waals surface area contributed by atoms with Gasteiger partial charge in [-0.15, -0.1) is 0 Å². The zero-order valence-electron chi connectivity index (χ0n) is 13.6. The number of nitrogens with zero attached hydrogens (tertiary/aromatic N) is 1. The Bertz CT molecular complexity index is 362. The SMILES string of the molecule is CCC1CCC(CNC(=O)[C@@H]2CCCN(C(C)=O)C2)CC1. The number of nitrogens with one attached hydrogen (secondary N) is 1. The largest absolute Gasteiger partial charge is 0.356 e. The van der Waals surface area contributed by atoms with Gasteiger partial charge in [0.25, 0.3) is 0 Å². The number of likely N-dealkylation sites (tertiary alicyclic amines) is 1. The molecule has 120 valence electrons. The fourth-order valence-electron chi connectivity index (χ4n) is 3.71. The van der Waals surface area contributed by atoms with Gasteiger partial charge in [-0.1, -0.05) is 26.2 Å². The zero-order chi connectivity index (χ0) is 15.2. The summed E-state index contributed by atoms with van der Waals surface area (Å²) in [4.78, 5) is 25.5. The zero-order valence-corrected chi connectivity index (χ0v) is 13.6. The number of amides is 2. The summed E-state index contributed by atoms with van der Waals surface area (Å²) in [6.45, 7) is 6.10. The lowest BCUT2D eigenvalue weighted by atomic mass is 9.81. The van der Waals surface area contributed by atoms with E-state index in [2.05, 4.69) is 12.2 Å². The number of hydrogen-bond acceptors (Lipinski definition) is 2. The van der Waals surface area contributed by atoms with E-state index < -0.39 is 0 Å². The minimum absolute atomic E-state index is 0.00497. The van der Waals surface area contributed by atoms with E-state index in [4.69, 9.17) is 0 Å². The Balaban J connectivity index is 1.71. The molecule has 2 rings (SSSR count). The minimum Gasteiger partial charge on any atom is -0.356 e. The van der Waals surface area contributed by atoms with Gasteiger partial charge >= 0.3 is 0 Å². The normalized spacial score (nSPS) is 30.0. The van der Waals surface area contributed by atoms with E-state index in [1.54, 1.807) is 11.8 Å². The number of rotatable bonds is 4. The van der Waals surface area contributed by atoms with Crippen LogP contribution >= 0.6 is 0 Å². The van der Waals surface area contributed by atoms with Gasteiger partial charge in [0.15, 0.2) is 0 Å². The smallest absolute Gasteiger partial charge is 0.224 e. The van der Waals surface area contributed by atoms with Crippen molar-refractivity contribution in [3.05, 3.63) is 0 Å². The number of hydrogen-bond donors (Lipinski definition) is 1. The van der Waals surface area contributed by atoms with Gasteiger partial charge in [-0.2, -0.15) is 0 Å². The molecule has 4 nitrogen and oxygen atoms in total. The number of piperidine rings is 1. The van der Waals surface area contributed by atoms with Crippen molar-refractivity contribution in [2.45, 2.75) is 58.8 Å². The molecule has 1 heterocycles. The highest BCUT2D eigenvalue weighted by Gasteiger charge is 2.27. The first-order valence-electron chi connectivity index (χ1n) is 8.63. The first kappa shape index (κ1) is 16.3. The standard InChI is InChI=1S/C17H30N2O2/c1-3-14-6-8-15(9-7-14)11-18-17(21)16-5-4-10-19(12-16)13(2)20/h14-16H,3-12H2,1-2H3,(H,18,21)/t14?,15?,16-/m1/s1. The molecule has 0 aromatic rings. The summed E-state index contributed by atoms with van der Waals surface area (Å²) in [6, 6.07) is 0. The van der Waals surface area contributed by atoms with Gasteiger partial charge in [0.05, 0.1) is 5.92 Å². The molecular weight excluding hydrogens is 264 g/mol. The van der Waals surface area contributed by atoms with Crippen LogP contribution in [-0.2, 0) is 9.59 Å². The maximum absolute atomic E-state index is 12.3. The first-order valence-corrected chi connectivity index (χ1v) is 8.63. The Hall–Kier alpha value is -1.06. The average Bonchev–Trinajstić information content (AvgIpc) is 2.53. The van der Waals surface area contributed by atoms with E-state index in [1.165, 1.54) is 32.1 Å². The summed E-state index contributed by atoms with van der Waals surface area (Å²) in [7, 11) is 0. The van der Waals surface area contributed by atoms with Crippen LogP contribution in [0.3, 0.4) is 0 Å². The Kier molecular flexibility index (Phi) is 6.07. The van der Waals surface area contributed by atoms with Crippen molar-refractivity contribution < 1.29 is 9.59 Å². The minimum atomic E-state index is -0.00497. The van der Waals surface area contributed by atoms with Crippen molar-refractivity contribution >= 4 is 11.8 Å². The molecule has 1 N–H and O–H groups in total. The Labute approximate surface area is 128 Å². The molecule has 0 bridgehead atoms. The molecule has 0 aromatic heterocycles. The first-order chi connectivity index (χ1) is 10.1. The van der Waals surface area contributed by atoms with Crippen molar-refractivity contribution in [2.24, 2.45) is 17.8 Å². The Morgan fingerprint density at radius 3 is 2.38 bits per heavy atom. The molecule has 21 heavy (non-hydrogen) atoms. The predicted molar refractivity (Wildman–Crippen MR) is 83.7 cm³/mol. The monoisotopic (exact) mass is 294 g/mol. The molecule has 0 aromatic carbocycles. The van der Waals surface area contributed by atoms with Crippen LogP contribution in [-0.4, -0.2) is 36.3 Å². The molecular formula is C17H30N2O2. The van der Waals surface area contributed by atoms with Gasteiger partial charge in [-0.25, -0.2) is 0 Å². The van der Waals surface area contributed by atoms with E-state index in [1.807, 2.05) is 0 Å². The molecule has 0 radical (unpaired) electrons. The summed E-state index contributed by atoms with van der Waals surface area (Å²) in [6.07, 6.45) is 8.29. The van der Waals surface area contributed by atoms with Gasteiger partial charge in [0, 0.05) is 26.6 Å². The van der Waals surface area contributed by atoms with Crippen LogP contribution in [0.4, 0.5) is 0 Å². The van der Waals surface area contributed by atoms with Crippen molar-refractivity contribution in [1.29, 1.82) is 0 Å². The van der Waals surface area contributed by atoms with E-state index in [0.29, 0.717) is 12.5 Å². The molecule has 1 atom stereocenters. The molecule has 2 aliphatic rings. The third-order valence-corrected chi connectivity index (χ3v) is 5.35. The summed E-state index contributed by atoms with van der Waals surface area (Å²) in [5, 5.41) is 3.14. The van der Waals surface area contributed by atoms with Crippen LogP contribution in [0, 0.1) is 17.8 Å². The topological polar surface area (TPSA) is 49.4 Å². The molecule has 2 amide bonds. The maximum atomic E-state index is 12.3. The van der Waals surface area contributed by atoms with Gasteiger partial charge in [-0.05, 0) is 37.5 Å². The Morgan fingerprint density at radius 1 is 1.10 bits per heavy atom. The van der Waals surface area contributed by atoms with Crippen LogP contribution in [0.1, 0.15) is 58.8 Å². The van der Waals surface area contributed by atoms with Gasteiger partial charge in [0.2, 0.25) is 11.8 Å². The second kappa shape index (κ2) is 7.81. The summed E-state index contributed by atoms with van der Waals surface area (Å²) < 4.78 is 0. The van der Waals surface area contributed by atoms with E-state index in [-0.39, 0.29) is 17.7 Å². The summed E-state index contributed by atoms with van der Waals surface area (Å²) >= 11 is 0. The number of carbonyl (C=O) groups excluding carboxylic acids is 2. The molecule has 4 heteroatoms. The van der Waals surface area contributed by atoms with Crippen molar-refractivity contribution in [3.63, 3.8) is 0 Å². The molecule has 1 saturated carbocycles. The Morgan fingerprint density at radius 2 is 1.76 bits per heavy atom.